The molecule has 4 heteroatoms. The second-order valence-electron chi connectivity index (χ2n) is 7.16. The Morgan fingerprint density at radius 2 is 2.00 bits per heavy atom. The van der Waals surface area contributed by atoms with Gasteiger partial charge in [0.05, 0.1) is 0 Å². The zero-order valence-electron chi connectivity index (χ0n) is 14.1. The van der Waals surface area contributed by atoms with Crippen LogP contribution in [0.25, 0.3) is 0 Å². The molecule has 0 aliphatic heterocycles. The van der Waals surface area contributed by atoms with Crippen LogP contribution in [0.2, 0.25) is 5.02 Å². The lowest BCUT2D eigenvalue weighted by atomic mass is 9.95. The Hall–Kier alpha value is -2.00. The van der Waals surface area contributed by atoms with Crippen LogP contribution >= 0.6 is 11.6 Å². The van der Waals surface area contributed by atoms with Crippen molar-refractivity contribution in [2.24, 2.45) is 11.8 Å². The second kappa shape index (κ2) is 7.09. The van der Waals surface area contributed by atoms with Gasteiger partial charge in [-0.2, -0.15) is 0 Å². The molecule has 130 valence electrons. The maximum Gasteiger partial charge on any atom is 0.251 e. The standard InChI is InChI=1S/C21H22ClNO2/c22-19-7-2-1-4-17(19)13-25-18-6-3-5-16(12-18)21(24)23-20-11-14-8-9-15(20)10-14/h1-7,12,14-15,20H,8-11,13H2,(H,23,24)/t14-,15-,20+/m1/s1. The summed E-state index contributed by atoms with van der Waals surface area (Å²) in [6.07, 6.45) is 5.02. The molecule has 2 aliphatic carbocycles. The second-order valence-corrected chi connectivity index (χ2v) is 7.57. The molecule has 0 saturated heterocycles. The highest BCUT2D eigenvalue weighted by Gasteiger charge is 2.40. The topological polar surface area (TPSA) is 38.3 Å². The Labute approximate surface area is 153 Å². The first kappa shape index (κ1) is 16.5. The lowest BCUT2D eigenvalue weighted by Crippen LogP contribution is -2.38. The van der Waals surface area contributed by atoms with Crippen molar-refractivity contribution in [3.05, 3.63) is 64.7 Å². The zero-order chi connectivity index (χ0) is 17.2. The third-order valence-corrected chi connectivity index (χ3v) is 5.87. The molecule has 2 bridgehead atoms. The van der Waals surface area contributed by atoms with Crippen molar-refractivity contribution < 1.29 is 9.53 Å². The molecule has 1 N–H and O–H groups in total. The molecule has 3 atom stereocenters. The van der Waals surface area contributed by atoms with E-state index in [-0.39, 0.29) is 5.91 Å². The molecular weight excluding hydrogens is 334 g/mol. The molecule has 0 heterocycles. The maximum absolute atomic E-state index is 12.6. The van der Waals surface area contributed by atoms with Gasteiger partial charge in [0.1, 0.15) is 12.4 Å². The van der Waals surface area contributed by atoms with Gasteiger partial charge < -0.3 is 10.1 Å². The molecule has 2 saturated carbocycles. The molecule has 25 heavy (non-hydrogen) atoms. The SMILES string of the molecule is O=C(N[C@H]1C[C@@H]2CC[C@@H]1C2)c1cccc(OCc2ccccc2Cl)c1. The van der Waals surface area contributed by atoms with Gasteiger partial charge >= 0.3 is 0 Å². The summed E-state index contributed by atoms with van der Waals surface area (Å²) in [4.78, 5) is 12.6. The summed E-state index contributed by atoms with van der Waals surface area (Å²) in [6, 6.07) is 15.3. The quantitative estimate of drug-likeness (QED) is 0.833. The fourth-order valence-corrected chi connectivity index (χ4v) is 4.37. The van der Waals surface area contributed by atoms with Crippen molar-refractivity contribution in [3.8, 4) is 5.75 Å². The van der Waals surface area contributed by atoms with Gasteiger partial charge in [0, 0.05) is 22.2 Å². The number of ether oxygens (including phenoxy) is 1. The molecular formula is C21H22ClNO2. The number of rotatable bonds is 5. The number of hydrogen-bond acceptors (Lipinski definition) is 2. The molecule has 0 aromatic heterocycles. The summed E-state index contributed by atoms with van der Waals surface area (Å²) in [6.45, 7) is 0.386. The highest BCUT2D eigenvalue weighted by Crippen LogP contribution is 2.44. The van der Waals surface area contributed by atoms with E-state index < -0.39 is 0 Å². The van der Waals surface area contributed by atoms with Crippen molar-refractivity contribution in [2.75, 3.05) is 0 Å². The Bertz CT molecular complexity index is 776. The van der Waals surface area contributed by atoms with Gasteiger partial charge in [0.25, 0.3) is 5.91 Å². The molecule has 0 unspecified atom stereocenters. The van der Waals surface area contributed by atoms with Crippen LogP contribution in [0.4, 0.5) is 0 Å². The highest BCUT2D eigenvalue weighted by molar-refractivity contribution is 6.31. The van der Waals surface area contributed by atoms with Crippen LogP contribution in [-0.2, 0) is 6.61 Å². The number of benzene rings is 2. The van der Waals surface area contributed by atoms with E-state index in [0.717, 1.165) is 17.9 Å². The zero-order valence-corrected chi connectivity index (χ0v) is 14.8. The number of hydrogen-bond donors (Lipinski definition) is 1. The molecule has 2 aromatic rings. The minimum atomic E-state index is 0.000688. The summed E-state index contributed by atoms with van der Waals surface area (Å²) in [5, 5.41) is 3.91. The van der Waals surface area contributed by atoms with Crippen molar-refractivity contribution in [1.29, 1.82) is 0 Å². The number of fused-ring (bicyclic) bond motifs is 2. The smallest absolute Gasteiger partial charge is 0.251 e. The lowest BCUT2D eigenvalue weighted by Gasteiger charge is -2.23. The predicted octanol–water partition coefficient (Wildman–Crippen LogP) is 4.84. The highest BCUT2D eigenvalue weighted by atomic mass is 35.5. The van der Waals surface area contributed by atoms with Crippen LogP contribution in [0, 0.1) is 11.8 Å². The lowest BCUT2D eigenvalue weighted by molar-refractivity contribution is 0.0922. The van der Waals surface area contributed by atoms with Crippen LogP contribution in [0.3, 0.4) is 0 Å². The molecule has 2 aliphatic rings. The Balaban J connectivity index is 1.39. The van der Waals surface area contributed by atoms with Crippen molar-refractivity contribution in [1.82, 2.24) is 5.32 Å². The van der Waals surface area contributed by atoms with Gasteiger partial charge in [-0.05, 0) is 55.4 Å². The molecule has 0 spiro atoms. The number of halogens is 1. The third kappa shape index (κ3) is 3.67. The molecule has 2 fully saturated rings. The first-order chi connectivity index (χ1) is 12.2. The first-order valence-corrected chi connectivity index (χ1v) is 9.34. The van der Waals surface area contributed by atoms with E-state index in [9.17, 15) is 4.79 Å². The van der Waals surface area contributed by atoms with Gasteiger partial charge in [-0.25, -0.2) is 0 Å². The van der Waals surface area contributed by atoms with Crippen LogP contribution in [0.5, 0.6) is 5.75 Å². The van der Waals surface area contributed by atoms with Crippen LogP contribution in [0.1, 0.15) is 41.6 Å². The van der Waals surface area contributed by atoms with Crippen molar-refractivity contribution >= 4 is 17.5 Å². The van der Waals surface area contributed by atoms with Crippen molar-refractivity contribution in [2.45, 2.75) is 38.3 Å². The van der Waals surface area contributed by atoms with Gasteiger partial charge in [-0.15, -0.1) is 0 Å². The summed E-state index contributed by atoms with van der Waals surface area (Å²) in [5.74, 6) is 2.18. The van der Waals surface area contributed by atoms with Gasteiger partial charge in [-0.3, -0.25) is 4.79 Å². The van der Waals surface area contributed by atoms with Crippen LogP contribution < -0.4 is 10.1 Å². The number of nitrogens with one attached hydrogen (secondary N) is 1. The number of carbonyl (C=O) groups excluding carboxylic acids is 1. The monoisotopic (exact) mass is 355 g/mol. The normalized spacial score (nSPS) is 24.3. The Morgan fingerprint density at radius 1 is 1.12 bits per heavy atom. The van der Waals surface area contributed by atoms with E-state index in [1.165, 1.54) is 19.3 Å². The number of carbonyl (C=O) groups is 1. The minimum Gasteiger partial charge on any atom is -0.489 e. The van der Waals surface area contributed by atoms with Crippen LogP contribution in [-0.4, -0.2) is 11.9 Å². The van der Waals surface area contributed by atoms with E-state index in [4.69, 9.17) is 16.3 Å². The average molecular weight is 356 g/mol. The first-order valence-electron chi connectivity index (χ1n) is 8.96. The Kier molecular flexibility index (Phi) is 4.67. The summed E-state index contributed by atoms with van der Waals surface area (Å²) in [7, 11) is 0. The predicted molar refractivity (Wildman–Crippen MR) is 98.9 cm³/mol. The Morgan fingerprint density at radius 3 is 2.76 bits per heavy atom. The van der Waals surface area contributed by atoms with E-state index in [1.807, 2.05) is 42.5 Å². The van der Waals surface area contributed by atoms with E-state index in [2.05, 4.69) is 5.32 Å². The number of amides is 1. The summed E-state index contributed by atoms with van der Waals surface area (Å²) >= 11 is 6.15. The van der Waals surface area contributed by atoms with Crippen LogP contribution in [0.15, 0.2) is 48.5 Å². The summed E-state index contributed by atoms with van der Waals surface area (Å²) < 4.78 is 5.82. The fourth-order valence-electron chi connectivity index (χ4n) is 4.18. The average Bonchev–Trinajstić information content (AvgIpc) is 3.24. The van der Waals surface area contributed by atoms with E-state index >= 15 is 0 Å². The minimum absolute atomic E-state index is 0.000688. The van der Waals surface area contributed by atoms with E-state index in [0.29, 0.717) is 34.9 Å². The van der Waals surface area contributed by atoms with E-state index in [1.54, 1.807) is 6.07 Å². The van der Waals surface area contributed by atoms with Crippen molar-refractivity contribution in [3.63, 3.8) is 0 Å². The molecule has 3 nitrogen and oxygen atoms in total. The third-order valence-electron chi connectivity index (χ3n) is 5.50. The fraction of sp³-hybridized carbons (Fsp3) is 0.381. The maximum atomic E-state index is 12.6. The summed E-state index contributed by atoms with van der Waals surface area (Å²) in [5.41, 5.74) is 1.58. The van der Waals surface area contributed by atoms with Gasteiger partial charge in [-0.1, -0.05) is 42.3 Å². The molecule has 0 radical (unpaired) electrons. The van der Waals surface area contributed by atoms with Gasteiger partial charge in [0.15, 0.2) is 0 Å². The molecule has 2 aromatic carbocycles. The molecule has 1 amide bonds. The molecule has 4 rings (SSSR count). The van der Waals surface area contributed by atoms with Gasteiger partial charge in [0.2, 0.25) is 0 Å². The largest absolute Gasteiger partial charge is 0.489 e.